The maximum Gasteiger partial charge on any atom is 0.231 e. The average Bonchev–Trinajstić information content (AvgIpc) is 2.66. The number of rotatable bonds is 6. The van der Waals surface area contributed by atoms with Gasteiger partial charge in [0.1, 0.15) is 0 Å². The molecule has 100 valence electrons. The number of nitrogens with two attached hydrogens (primary N) is 1. The highest BCUT2D eigenvalue weighted by molar-refractivity contribution is 5.75. The SMILES string of the molecule is CC(C)(C)NCCN(CC(N)=O)C1CCCC1. The van der Waals surface area contributed by atoms with Crippen LogP contribution < -0.4 is 11.1 Å². The molecule has 1 aliphatic rings. The summed E-state index contributed by atoms with van der Waals surface area (Å²) in [6.07, 6.45) is 4.99. The summed E-state index contributed by atoms with van der Waals surface area (Å²) < 4.78 is 0. The summed E-state index contributed by atoms with van der Waals surface area (Å²) in [6, 6.07) is 0.560. The zero-order valence-electron chi connectivity index (χ0n) is 11.5. The molecule has 0 aromatic carbocycles. The standard InChI is InChI=1S/C13H27N3O/c1-13(2,3)15-8-9-16(10-12(14)17)11-6-4-5-7-11/h11,15H,4-10H2,1-3H3,(H2,14,17). The van der Waals surface area contributed by atoms with E-state index in [0.29, 0.717) is 12.6 Å². The molecule has 0 aromatic heterocycles. The second-order valence-electron chi connectivity index (χ2n) is 6.05. The van der Waals surface area contributed by atoms with Gasteiger partial charge in [0.15, 0.2) is 0 Å². The molecule has 1 saturated carbocycles. The molecule has 1 amide bonds. The van der Waals surface area contributed by atoms with E-state index in [-0.39, 0.29) is 11.4 Å². The van der Waals surface area contributed by atoms with Crippen molar-refractivity contribution in [3.63, 3.8) is 0 Å². The van der Waals surface area contributed by atoms with Crippen LogP contribution in [0.4, 0.5) is 0 Å². The molecule has 0 aliphatic heterocycles. The Kier molecular flexibility index (Phi) is 5.40. The van der Waals surface area contributed by atoms with Crippen molar-refractivity contribution in [2.45, 2.75) is 58.0 Å². The van der Waals surface area contributed by atoms with Gasteiger partial charge in [0, 0.05) is 24.7 Å². The van der Waals surface area contributed by atoms with Crippen molar-refractivity contribution in [2.75, 3.05) is 19.6 Å². The highest BCUT2D eigenvalue weighted by Gasteiger charge is 2.23. The average molecular weight is 241 g/mol. The van der Waals surface area contributed by atoms with Crippen molar-refractivity contribution in [1.82, 2.24) is 10.2 Å². The number of primary amides is 1. The van der Waals surface area contributed by atoms with Crippen LogP contribution in [0, 0.1) is 0 Å². The van der Waals surface area contributed by atoms with Crippen molar-refractivity contribution in [3.8, 4) is 0 Å². The molecule has 17 heavy (non-hydrogen) atoms. The summed E-state index contributed by atoms with van der Waals surface area (Å²) in [6.45, 7) is 8.68. The van der Waals surface area contributed by atoms with Crippen LogP contribution in [0.25, 0.3) is 0 Å². The smallest absolute Gasteiger partial charge is 0.231 e. The van der Waals surface area contributed by atoms with Crippen molar-refractivity contribution in [2.24, 2.45) is 5.73 Å². The fourth-order valence-electron chi connectivity index (χ4n) is 2.43. The summed E-state index contributed by atoms with van der Waals surface area (Å²) >= 11 is 0. The Balaban J connectivity index is 2.37. The van der Waals surface area contributed by atoms with E-state index in [9.17, 15) is 4.79 Å². The van der Waals surface area contributed by atoms with Gasteiger partial charge in [-0.25, -0.2) is 0 Å². The topological polar surface area (TPSA) is 58.4 Å². The van der Waals surface area contributed by atoms with Crippen molar-refractivity contribution in [1.29, 1.82) is 0 Å². The molecule has 1 fully saturated rings. The van der Waals surface area contributed by atoms with Gasteiger partial charge in [-0.05, 0) is 33.6 Å². The van der Waals surface area contributed by atoms with Gasteiger partial charge < -0.3 is 11.1 Å². The van der Waals surface area contributed by atoms with Crippen LogP contribution >= 0.6 is 0 Å². The zero-order valence-corrected chi connectivity index (χ0v) is 11.5. The lowest BCUT2D eigenvalue weighted by Crippen LogP contribution is -2.46. The Morgan fingerprint density at radius 3 is 2.41 bits per heavy atom. The predicted molar refractivity (Wildman–Crippen MR) is 70.8 cm³/mol. The van der Waals surface area contributed by atoms with Gasteiger partial charge in [-0.3, -0.25) is 9.69 Å². The van der Waals surface area contributed by atoms with Gasteiger partial charge in [0.25, 0.3) is 0 Å². The van der Waals surface area contributed by atoms with Crippen molar-refractivity contribution < 1.29 is 4.79 Å². The largest absolute Gasteiger partial charge is 0.369 e. The monoisotopic (exact) mass is 241 g/mol. The molecule has 1 rings (SSSR count). The van der Waals surface area contributed by atoms with Crippen molar-refractivity contribution >= 4 is 5.91 Å². The van der Waals surface area contributed by atoms with E-state index in [1.807, 2.05) is 0 Å². The Labute approximate surface area is 105 Å². The van der Waals surface area contributed by atoms with Crippen LogP contribution in [0.2, 0.25) is 0 Å². The molecule has 0 spiro atoms. The molecular weight excluding hydrogens is 214 g/mol. The highest BCUT2D eigenvalue weighted by Crippen LogP contribution is 2.22. The first-order valence-electron chi connectivity index (χ1n) is 6.66. The van der Waals surface area contributed by atoms with Crippen LogP contribution in [0.5, 0.6) is 0 Å². The fraction of sp³-hybridized carbons (Fsp3) is 0.923. The molecule has 3 N–H and O–H groups in total. The number of carbonyl (C=O) groups excluding carboxylic acids is 1. The first kappa shape index (κ1) is 14.5. The zero-order chi connectivity index (χ0) is 12.9. The summed E-state index contributed by atoms with van der Waals surface area (Å²) in [7, 11) is 0. The number of hydrogen-bond acceptors (Lipinski definition) is 3. The molecule has 1 aliphatic carbocycles. The van der Waals surface area contributed by atoms with Crippen LogP contribution in [0.1, 0.15) is 46.5 Å². The summed E-state index contributed by atoms with van der Waals surface area (Å²) in [5, 5.41) is 3.46. The quantitative estimate of drug-likeness (QED) is 0.732. The molecular formula is C13H27N3O. The van der Waals surface area contributed by atoms with E-state index in [1.54, 1.807) is 0 Å². The Hall–Kier alpha value is -0.610. The van der Waals surface area contributed by atoms with Crippen LogP contribution in [0.15, 0.2) is 0 Å². The Morgan fingerprint density at radius 1 is 1.35 bits per heavy atom. The molecule has 0 bridgehead atoms. The minimum atomic E-state index is -0.215. The third-order valence-electron chi connectivity index (χ3n) is 3.25. The lowest BCUT2D eigenvalue weighted by Gasteiger charge is -2.29. The third kappa shape index (κ3) is 6.03. The summed E-state index contributed by atoms with van der Waals surface area (Å²) in [4.78, 5) is 13.3. The maximum absolute atomic E-state index is 11.1. The number of nitrogens with zero attached hydrogens (tertiary/aromatic N) is 1. The van der Waals surface area contributed by atoms with Crippen LogP contribution in [0.3, 0.4) is 0 Å². The third-order valence-corrected chi connectivity index (χ3v) is 3.25. The molecule has 0 aromatic rings. The van der Waals surface area contributed by atoms with Gasteiger partial charge in [0.2, 0.25) is 5.91 Å². The maximum atomic E-state index is 11.1. The number of hydrogen-bond donors (Lipinski definition) is 2. The van der Waals surface area contributed by atoms with Crippen LogP contribution in [-0.4, -0.2) is 42.0 Å². The van der Waals surface area contributed by atoms with Crippen LogP contribution in [-0.2, 0) is 4.79 Å². The first-order chi connectivity index (χ1) is 7.88. The van der Waals surface area contributed by atoms with E-state index < -0.39 is 0 Å². The van der Waals surface area contributed by atoms with Gasteiger partial charge >= 0.3 is 0 Å². The van der Waals surface area contributed by atoms with Gasteiger partial charge in [-0.1, -0.05) is 12.8 Å². The van der Waals surface area contributed by atoms with E-state index in [2.05, 4.69) is 31.0 Å². The molecule has 4 heteroatoms. The summed E-state index contributed by atoms with van der Waals surface area (Å²) in [5.41, 5.74) is 5.45. The molecule has 4 nitrogen and oxygen atoms in total. The highest BCUT2D eigenvalue weighted by atomic mass is 16.1. The Bertz CT molecular complexity index is 242. The van der Waals surface area contributed by atoms with E-state index in [0.717, 1.165) is 13.1 Å². The Morgan fingerprint density at radius 2 is 1.94 bits per heavy atom. The van der Waals surface area contributed by atoms with Crippen molar-refractivity contribution in [3.05, 3.63) is 0 Å². The second-order valence-corrected chi connectivity index (χ2v) is 6.05. The van der Waals surface area contributed by atoms with E-state index >= 15 is 0 Å². The van der Waals surface area contributed by atoms with E-state index in [1.165, 1.54) is 25.7 Å². The number of carbonyl (C=O) groups is 1. The molecule has 0 radical (unpaired) electrons. The number of nitrogens with one attached hydrogen (secondary N) is 1. The second kappa shape index (κ2) is 6.36. The molecule has 0 saturated heterocycles. The van der Waals surface area contributed by atoms with Gasteiger partial charge in [0.05, 0.1) is 6.54 Å². The summed E-state index contributed by atoms with van der Waals surface area (Å²) in [5.74, 6) is -0.215. The van der Waals surface area contributed by atoms with Gasteiger partial charge in [-0.2, -0.15) is 0 Å². The fourth-order valence-corrected chi connectivity index (χ4v) is 2.43. The molecule has 0 atom stereocenters. The minimum absolute atomic E-state index is 0.133. The normalized spacial score (nSPS) is 17.9. The lowest BCUT2D eigenvalue weighted by molar-refractivity contribution is -0.119. The van der Waals surface area contributed by atoms with Gasteiger partial charge in [-0.15, -0.1) is 0 Å². The minimum Gasteiger partial charge on any atom is -0.369 e. The molecule has 0 heterocycles. The molecule has 0 unspecified atom stereocenters. The van der Waals surface area contributed by atoms with E-state index in [4.69, 9.17) is 5.73 Å². The predicted octanol–water partition coefficient (Wildman–Crippen LogP) is 1.10. The first-order valence-corrected chi connectivity index (χ1v) is 6.66. The lowest BCUT2D eigenvalue weighted by atomic mass is 10.1. The number of amides is 1.